The number of sulfonamides is 1. The summed E-state index contributed by atoms with van der Waals surface area (Å²) in [5.74, 6) is -0.0644. The predicted molar refractivity (Wildman–Crippen MR) is 103 cm³/mol. The molecule has 2 rings (SSSR count). The number of likely N-dealkylation sites (N-methyl/N-ethyl adjacent to an activating group) is 1. The smallest absolute Gasteiger partial charge is 0.255 e. The van der Waals surface area contributed by atoms with E-state index in [9.17, 15) is 13.2 Å². The van der Waals surface area contributed by atoms with Crippen molar-refractivity contribution < 1.29 is 27.4 Å². The van der Waals surface area contributed by atoms with Gasteiger partial charge in [0.15, 0.2) is 11.5 Å². The summed E-state index contributed by atoms with van der Waals surface area (Å²) in [6.07, 6.45) is 0. The molecule has 0 unspecified atom stereocenters. The second-order valence-corrected chi connectivity index (χ2v) is 7.52. The van der Waals surface area contributed by atoms with Crippen molar-refractivity contribution in [3.63, 3.8) is 0 Å². The topological polar surface area (TPSA) is 106 Å². The summed E-state index contributed by atoms with van der Waals surface area (Å²) in [7, 11) is 0.789. The molecule has 1 heterocycles. The predicted octanol–water partition coefficient (Wildman–Crippen LogP) is 0.0957. The van der Waals surface area contributed by atoms with Crippen LogP contribution in [0.15, 0.2) is 17.0 Å². The molecule has 27 heavy (non-hydrogen) atoms. The summed E-state index contributed by atoms with van der Waals surface area (Å²) in [6.45, 7) is 2.17. The Morgan fingerprint density at radius 3 is 2.41 bits per heavy atom. The fraction of sp³-hybridized carbons (Fsp3) is 0.562. The highest BCUT2D eigenvalue weighted by molar-refractivity contribution is 7.89. The Labute approximate surface area is 165 Å². The molecule has 1 fully saturated rings. The molecule has 1 aliphatic rings. The third-order valence-electron chi connectivity index (χ3n) is 3.97. The van der Waals surface area contributed by atoms with E-state index in [0.717, 1.165) is 0 Å². The SMILES string of the molecule is CNCCNC(=O)c1cc(S(=O)(=O)N2CCOCC2)cc(OC)c1OC.Cl. The van der Waals surface area contributed by atoms with Gasteiger partial charge in [-0.15, -0.1) is 12.4 Å². The molecule has 1 amide bonds. The van der Waals surface area contributed by atoms with E-state index >= 15 is 0 Å². The van der Waals surface area contributed by atoms with Crippen LogP contribution < -0.4 is 20.1 Å². The first-order valence-corrected chi connectivity index (χ1v) is 9.66. The van der Waals surface area contributed by atoms with Crippen molar-refractivity contribution in [1.82, 2.24) is 14.9 Å². The van der Waals surface area contributed by atoms with E-state index < -0.39 is 15.9 Å². The van der Waals surface area contributed by atoms with E-state index in [0.29, 0.717) is 26.3 Å². The van der Waals surface area contributed by atoms with Gasteiger partial charge in [-0.25, -0.2) is 8.42 Å². The Kier molecular flexibility index (Phi) is 9.27. The zero-order valence-corrected chi connectivity index (χ0v) is 17.2. The van der Waals surface area contributed by atoms with Gasteiger partial charge in [0.25, 0.3) is 5.91 Å². The second-order valence-electron chi connectivity index (χ2n) is 5.58. The van der Waals surface area contributed by atoms with E-state index in [4.69, 9.17) is 14.2 Å². The third-order valence-corrected chi connectivity index (χ3v) is 5.84. The summed E-state index contributed by atoms with van der Waals surface area (Å²) in [5.41, 5.74) is 0.106. The van der Waals surface area contributed by atoms with Gasteiger partial charge in [-0.05, 0) is 13.1 Å². The number of hydrogen-bond donors (Lipinski definition) is 2. The number of morpholine rings is 1. The number of nitrogens with zero attached hydrogens (tertiary/aromatic N) is 1. The van der Waals surface area contributed by atoms with Crippen LogP contribution in [0.5, 0.6) is 11.5 Å². The average Bonchev–Trinajstić information content (AvgIpc) is 2.67. The van der Waals surface area contributed by atoms with Crippen molar-refractivity contribution in [1.29, 1.82) is 0 Å². The molecule has 2 N–H and O–H groups in total. The molecule has 0 bridgehead atoms. The molecule has 1 saturated heterocycles. The van der Waals surface area contributed by atoms with Crippen molar-refractivity contribution in [3.05, 3.63) is 17.7 Å². The number of benzene rings is 1. The van der Waals surface area contributed by atoms with E-state index in [2.05, 4.69) is 10.6 Å². The van der Waals surface area contributed by atoms with Crippen LogP contribution in [0, 0.1) is 0 Å². The number of halogens is 1. The normalized spacial score (nSPS) is 14.9. The third kappa shape index (κ3) is 5.45. The van der Waals surface area contributed by atoms with E-state index in [1.54, 1.807) is 7.05 Å². The number of hydrogen-bond acceptors (Lipinski definition) is 7. The molecule has 154 valence electrons. The van der Waals surface area contributed by atoms with Crippen LogP contribution in [0.25, 0.3) is 0 Å². The van der Waals surface area contributed by atoms with E-state index in [1.165, 1.54) is 30.7 Å². The van der Waals surface area contributed by atoms with Gasteiger partial charge >= 0.3 is 0 Å². The summed E-state index contributed by atoms with van der Waals surface area (Å²) in [6, 6.07) is 2.69. The van der Waals surface area contributed by atoms with Crippen LogP contribution in [0.4, 0.5) is 0 Å². The maximum absolute atomic E-state index is 12.9. The molecule has 1 aromatic rings. The summed E-state index contributed by atoms with van der Waals surface area (Å²) >= 11 is 0. The minimum absolute atomic E-state index is 0. The highest BCUT2D eigenvalue weighted by Crippen LogP contribution is 2.35. The fourth-order valence-electron chi connectivity index (χ4n) is 2.59. The van der Waals surface area contributed by atoms with Gasteiger partial charge in [-0.2, -0.15) is 4.31 Å². The van der Waals surface area contributed by atoms with Gasteiger partial charge in [0.2, 0.25) is 10.0 Å². The number of methoxy groups -OCH3 is 2. The number of nitrogens with one attached hydrogen (secondary N) is 2. The largest absolute Gasteiger partial charge is 0.493 e. The van der Waals surface area contributed by atoms with Gasteiger partial charge < -0.3 is 24.8 Å². The van der Waals surface area contributed by atoms with Gasteiger partial charge in [-0.1, -0.05) is 0 Å². The second kappa shape index (κ2) is 10.7. The quantitative estimate of drug-likeness (QED) is 0.571. The number of carbonyl (C=O) groups excluding carboxylic acids is 1. The molecule has 1 aliphatic heterocycles. The molecule has 9 nitrogen and oxygen atoms in total. The Morgan fingerprint density at radius 2 is 1.85 bits per heavy atom. The Hall–Kier alpha value is -1.59. The zero-order valence-electron chi connectivity index (χ0n) is 15.6. The highest BCUT2D eigenvalue weighted by atomic mass is 35.5. The first-order chi connectivity index (χ1) is 12.5. The van der Waals surface area contributed by atoms with Gasteiger partial charge in [-0.3, -0.25) is 4.79 Å². The molecule has 1 aromatic carbocycles. The van der Waals surface area contributed by atoms with Crippen LogP contribution >= 0.6 is 12.4 Å². The lowest BCUT2D eigenvalue weighted by Gasteiger charge is -2.26. The van der Waals surface area contributed by atoms with Crippen LogP contribution in [0.3, 0.4) is 0 Å². The summed E-state index contributed by atoms with van der Waals surface area (Å²) < 4.78 is 42.9. The van der Waals surface area contributed by atoms with Crippen LogP contribution in [-0.4, -0.2) is 79.3 Å². The van der Waals surface area contributed by atoms with E-state index in [-0.39, 0.29) is 47.5 Å². The molecular weight excluding hydrogens is 398 g/mol. The highest BCUT2D eigenvalue weighted by Gasteiger charge is 2.29. The Morgan fingerprint density at radius 1 is 1.19 bits per heavy atom. The molecule has 0 spiro atoms. The molecule has 0 aromatic heterocycles. The molecule has 0 aliphatic carbocycles. The summed E-state index contributed by atoms with van der Waals surface area (Å²) in [5, 5.41) is 5.64. The number of ether oxygens (including phenoxy) is 3. The van der Waals surface area contributed by atoms with Crippen molar-refractivity contribution in [2.24, 2.45) is 0 Å². The van der Waals surface area contributed by atoms with Gasteiger partial charge in [0.1, 0.15) is 0 Å². The van der Waals surface area contributed by atoms with Crippen LogP contribution in [0.2, 0.25) is 0 Å². The molecule has 11 heteroatoms. The van der Waals surface area contributed by atoms with E-state index in [1.807, 2.05) is 0 Å². The maximum Gasteiger partial charge on any atom is 0.255 e. The van der Waals surface area contributed by atoms with Crippen LogP contribution in [0.1, 0.15) is 10.4 Å². The number of amides is 1. The molecule has 0 saturated carbocycles. The minimum atomic E-state index is -3.78. The van der Waals surface area contributed by atoms with Crippen molar-refractivity contribution in [3.8, 4) is 11.5 Å². The monoisotopic (exact) mass is 423 g/mol. The Balaban J connectivity index is 0.00000364. The molecule has 0 radical (unpaired) electrons. The fourth-order valence-corrected chi connectivity index (χ4v) is 4.04. The Bertz CT molecular complexity index is 738. The van der Waals surface area contributed by atoms with Gasteiger partial charge in [0, 0.05) is 32.2 Å². The lowest BCUT2D eigenvalue weighted by Crippen LogP contribution is -2.40. The van der Waals surface area contributed by atoms with Crippen LogP contribution in [-0.2, 0) is 14.8 Å². The number of rotatable bonds is 8. The summed E-state index contributed by atoms with van der Waals surface area (Å²) in [4.78, 5) is 12.5. The average molecular weight is 424 g/mol. The molecule has 0 atom stereocenters. The first-order valence-electron chi connectivity index (χ1n) is 8.22. The lowest BCUT2D eigenvalue weighted by molar-refractivity contribution is 0.0730. The van der Waals surface area contributed by atoms with Gasteiger partial charge in [0.05, 0.1) is 37.9 Å². The number of carbonyl (C=O) groups is 1. The van der Waals surface area contributed by atoms with Crippen molar-refractivity contribution in [2.45, 2.75) is 4.90 Å². The first kappa shape index (κ1) is 23.4. The molecular formula is C16H26ClN3O6S. The van der Waals surface area contributed by atoms with Crippen molar-refractivity contribution in [2.75, 3.05) is 60.7 Å². The standard InChI is InChI=1S/C16H25N3O6S.ClH/c1-17-4-5-18-16(20)13-10-12(11-14(23-2)15(13)24-3)26(21,22)19-6-8-25-9-7-19;/h10-11,17H,4-9H2,1-3H3,(H,18,20);1H. The minimum Gasteiger partial charge on any atom is -0.493 e. The van der Waals surface area contributed by atoms with Crippen molar-refractivity contribution >= 4 is 28.3 Å². The lowest BCUT2D eigenvalue weighted by atomic mass is 10.1. The maximum atomic E-state index is 12.9. The zero-order chi connectivity index (χ0) is 19.2.